The first-order valence-corrected chi connectivity index (χ1v) is 7.98. The zero-order chi connectivity index (χ0) is 13.9. The van der Waals surface area contributed by atoms with Gasteiger partial charge in [0.15, 0.2) is 0 Å². The predicted molar refractivity (Wildman–Crippen MR) is 80.5 cm³/mol. The van der Waals surface area contributed by atoms with Crippen molar-refractivity contribution in [2.75, 3.05) is 39.4 Å². The van der Waals surface area contributed by atoms with E-state index in [4.69, 9.17) is 4.74 Å². The molecule has 0 aromatic carbocycles. The zero-order valence-corrected chi connectivity index (χ0v) is 13.3. The van der Waals surface area contributed by atoms with E-state index in [9.17, 15) is 0 Å². The van der Waals surface area contributed by atoms with E-state index in [2.05, 4.69) is 37.9 Å². The molecule has 1 aliphatic carbocycles. The molecule has 0 radical (unpaired) electrons. The highest BCUT2D eigenvalue weighted by molar-refractivity contribution is 4.91. The number of hydrogen-bond donors (Lipinski definition) is 1. The van der Waals surface area contributed by atoms with E-state index >= 15 is 0 Å². The second kappa shape index (κ2) is 6.11. The maximum atomic E-state index is 5.72. The minimum Gasteiger partial charge on any atom is -0.381 e. The number of ether oxygens (including phenoxy) is 1. The van der Waals surface area contributed by atoms with Crippen LogP contribution in [0.1, 0.15) is 47.0 Å². The van der Waals surface area contributed by atoms with Gasteiger partial charge in [0.2, 0.25) is 0 Å². The average Bonchev–Trinajstić information content (AvgIpc) is 3.03. The minimum absolute atomic E-state index is 0.198. The Hall–Kier alpha value is -0.120. The van der Waals surface area contributed by atoms with Gasteiger partial charge >= 0.3 is 0 Å². The van der Waals surface area contributed by atoms with E-state index in [0.29, 0.717) is 5.41 Å². The van der Waals surface area contributed by atoms with Crippen LogP contribution < -0.4 is 5.32 Å². The van der Waals surface area contributed by atoms with Crippen molar-refractivity contribution in [2.24, 2.45) is 11.3 Å². The van der Waals surface area contributed by atoms with Crippen LogP contribution in [0.4, 0.5) is 0 Å². The van der Waals surface area contributed by atoms with Gasteiger partial charge in [-0.15, -0.1) is 0 Å². The third kappa shape index (κ3) is 5.05. The van der Waals surface area contributed by atoms with Gasteiger partial charge in [-0.05, 0) is 52.5 Å². The van der Waals surface area contributed by atoms with Gasteiger partial charge in [-0.1, -0.05) is 6.92 Å². The third-order valence-electron chi connectivity index (χ3n) is 4.40. The normalized spacial score (nSPS) is 28.3. The Morgan fingerprint density at radius 2 is 2.05 bits per heavy atom. The SMILES string of the molecule is CCN(CC1CC1)CC1(CNC(C)(C)C)CCOC1. The first-order valence-electron chi connectivity index (χ1n) is 7.98. The molecule has 0 spiro atoms. The van der Waals surface area contributed by atoms with Crippen LogP contribution in [0.2, 0.25) is 0 Å². The van der Waals surface area contributed by atoms with Gasteiger partial charge in [-0.2, -0.15) is 0 Å². The summed E-state index contributed by atoms with van der Waals surface area (Å²) in [6.45, 7) is 15.7. The molecule has 112 valence electrons. The second-order valence-electron chi connectivity index (χ2n) is 7.68. The van der Waals surface area contributed by atoms with Crippen molar-refractivity contribution < 1.29 is 4.74 Å². The van der Waals surface area contributed by atoms with Crippen molar-refractivity contribution in [1.82, 2.24) is 10.2 Å². The van der Waals surface area contributed by atoms with Gasteiger partial charge in [-0.3, -0.25) is 0 Å². The zero-order valence-electron chi connectivity index (χ0n) is 13.3. The Morgan fingerprint density at radius 3 is 2.53 bits per heavy atom. The Kier molecular flexibility index (Phi) is 4.91. The largest absolute Gasteiger partial charge is 0.381 e. The van der Waals surface area contributed by atoms with Gasteiger partial charge < -0.3 is 15.0 Å². The number of rotatable bonds is 7. The molecule has 1 heterocycles. The lowest BCUT2D eigenvalue weighted by atomic mass is 9.85. The molecule has 19 heavy (non-hydrogen) atoms. The van der Waals surface area contributed by atoms with Crippen molar-refractivity contribution in [1.29, 1.82) is 0 Å². The van der Waals surface area contributed by atoms with Crippen molar-refractivity contribution in [3.8, 4) is 0 Å². The summed E-state index contributed by atoms with van der Waals surface area (Å²) in [5.74, 6) is 0.981. The first kappa shape index (κ1) is 15.3. The molecule has 1 saturated heterocycles. The molecule has 2 aliphatic rings. The van der Waals surface area contributed by atoms with Crippen molar-refractivity contribution in [3.63, 3.8) is 0 Å². The molecule has 1 atom stereocenters. The van der Waals surface area contributed by atoms with E-state index in [1.165, 1.54) is 38.9 Å². The second-order valence-corrected chi connectivity index (χ2v) is 7.68. The molecule has 3 heteroatoms. The molecule has 1 saturated carbocycles. The van der Waals surface area contributed by atoms with E-state index < -0.39 is 0 Å². The van der Waals surface area contributed by atoms with Gasteiger partial charge in [0.05, 0.1) is 6.61 Å². The molecule has 2 fully saturated rings. The Bertz CT molecular complexity index is 275. The molecular weight excluding hydrogens is 236 g/mol. The summed E-state index contributed by atoms with van der Waals surface area (Å²) in [7, 11) is 0. The molecule has 1 aliphatic heterocycles. The van der Waals surface area contributed by atoms with Gasteiger partial charge in [0.25, 0.3) is 0 Å². The first-order chi connectivity index (χ1) is 8.92. The smallest absolute Gasteiger partial charge is 0.0547 e. The lowest BCUT2D eigenvalue weighted by Crippen LogP contribution is -2.49. The van der Waals surface area contributed by atoms with Crippen LogP contribution in [-0.4, -0.2) is 49.8 Å². The maximum absolute atomic E-state index is 5.72. The summed E-state index contributed by atoms with van der Waals surface area (Å²) >= 11 is 0. The molecule has 0 aromatic heterocycles. The molecule has 1 unspecified atom stereocenters. The monoisotopic (exact) mass is 268 g/mol. The van der Waals surface area contributed by atoms with Gasteiger partial charge in [0.1, 0.15) is 0 Å². The molecule has 2 rings (SSSR count). The standard InChI is InChI=1S/C16H32N2O/c1-5-18(10-14-6-7-14)12-16(8-9-19-13-16)11-17-15(2,3)4/h14,17H,5-13H2,1-4H3. The molecule has 0 bridgehead atoms. The molecule has 0 aromatic rings. The lowest BCUT2D eigenvalue weighted by Gasteiger charge is -2.36. The molecular formula is C16H32N2O. The highest BCUT2D eigenvalue weighted by atomic mass is 16.5. The van der Waals surface area contributed by atoms with E-state index in [1.54, 1.807) is 0 Å². The number of nitrogens with one attached hydrogen (secondary N) is 1. The average molecular weight is 268 g/mol. The Balaban J connectivity index is 1.89. The van der Waals surface area contributed by atoms with Crippen molar-refractivity contribution in [2.45, 2.75) is 52.5 Å². The van der Waals surface area contributed by atoms with E-state index in [-0.39, 0.29) is 5.54 Å². The molecule has 0 amide bonds. The predicted octanol–water partition coefficient (Wildman–Crippen LogP) is 2.51. The summed E-state index contributed by atoms with van der Waals surface area (Å²) in [6.07, 6.45) is 4.09. The van der Waals surface area contributed by atoms with Crippen LogP contribution >= 0.6 is 0 Å². The summed E-state index contributed by atoms with van der Waals surface area (Å²) in [5.41, 5.74) is 0.529. The fourth-order valence-electron chi connectivity index (χ4n) is 2.87. The van der Waals surface area contributed by atoms with Crippen molar-refractivity contribution >= 4 is 0 Å². The van der Waals surface area contributed by atoms with Crippen LogP contribution in [0.25, 0.3) is 0 Å². The quantitative estimate of drug-likeness (QED) is 0.768. The number of nitrogens with zero attached hydrogens (tertiary/aromatic N) is 1. The van der Waals surface area contributed by atoms with E-state index in [0.717, 1.165) is 25.7 Å². The topological polar surface area (TPSA) is 24.5 Å². The Morgan fingerprint density at radius 1 is 1.32 bits per heavy atom. The highest BCUT2D eigenvalue weighted by Crippen LogP contribution is 2.33. The fourth-order valence-corrected chi connectivity index (χ4v) is 2.87. The minimum atomic E-state index is 0.198. The number of hydrogen-bond acceptors (Lipinski definition) is 3. The van der Waals surface area contributed by atoms with E-state index in [1.807, 2.05) is 0 Å². The van der Waals surface area contributed by atoms with Gasteiger partial charge in [0, 0.05) is 37.2 Å². The summed E-state index contributed by atoms with van der Waals surface area (Å²) in [4.78, 5) is 2.65. The van der Waals surface area contributed by atoms with Crippen LogP contribution in [0, 0.1) is 11.3 Å². The summed E-state index contributed by atoms with van der Waals surface area (Å²) < 4.78 is 5.72. The molecule has 3 nitrogen and oxygen atoms in total. The molecule has 1 N–H and O–H groups in total. The summed E-state index contributed by atoms with van der Waals surface area (Å²) in [6, 6.07) is 0. The van der Waals surface area contributed by atoms with Crippen molar-refractivity contribution in [3.05, 3.63) is 0 Å². The van der Waals surface area contributed by atoms with Crippen LogP contribution in [0.5, 0.6) is 0 Å². The van der Waals surface area contributed by atoms with Crippen LogP contribution in [0.15, 0.2) is 0 Å². The van der Waals surface area contributed by atoms with Gasteiger partial charge in [-0.25, -0.2) is 0 Å². The summed E-state index contributed by atoms with van der Waals surface area (Å²) in [5, 5.41) is 3.70. The third-order valence-corrected chi connectivity index (χ3v) is 4.40. The van der Waals surface area contributed by atoms with Crippen LogP contribution in [0.3, 0.4) is 0 Å². The van der Waals surface area contributed by atoms with Crippen LogP contribution in [-0.2, 0) is 4.74 Å². The fraction of sp³-hybridized carbons (Fsp3) is 1.00. The highest BCUT2D eigenvalue weighted by Gasteiger charge is 2.38. The maximum Gasteiger partial charge on any atom is 0.0547 e. The lowest BCUT2D eigenvalue weighted by molar-refractivity contribution is 0.103. The Labute approximate surface area is 119 Å².